The molecule has 1 aliphatic heterocycles. The third kappa shape index (κ3) is 2.67. The Labute approximate surface area is 125 Å². The van der Waals surface area contributed by atoms with E-state index in [9.17, 15) is 10.1 Å². The van der Waals surface area contributed by atoms with Gasteiger partial charge in [-0.05, 0) is 25.7 Å². The molecule has 3 rings (SSSR count). The molecule has 2 fully saturated rings. The maximum Gasteiger partial charge on any atom is 0.243 e. The second-order valence-corrected chi connectivity index (χ2v) is 6.31. The first kappa shape index (κ1) is 14.1. The lowest BCUT2D eigenvalue weighted by Gasteiger charge is -2.39. The topological polar surface area (TPSA) is 61.9 Å². The molecule has 5 nitrogen and oxygen atoms in total. The van der Waals surface area contributed by atoms with Crippen molar-refractivity contribution in [3.8, 4) is 6.07 Å². The molecule has 1 amide bonds. The van der Waals surface area contributed by atoms with Gasteiger partial charge in [0.2, 0.25) is 5.91 Å². The van der Waals surface area contributed by atoms with E-state index >= 15 is 0 Å². The monoisotopic (exact) mass is 286 g/mol. The van der Waals surface area contributed by atoms with Crippen LogP contribution in [0.5, 0.6) is 0 Å². The van der Waals surface area contributed by atoms with E-state index in [4.69, 9.17) is 0 Å². The molecule has 1 saturated carbocycles. The van der Waals surface area contributed by atoms with Gasteiger partial charge in [0, 0.05) is 25.5 Å². The lowest BCUT2D eigenvalue weighted by atomic mass is 9.74. The van der Waals surface area contributed by atoms with E-state index < -0.39 is 5.41 Å². The van der Waals surface area contributed by atoms with Crippen molar-refractivity contribution in [3.63, 3.8) is 0 Å². The van der Waals surface area contributed by atoms with Gasteiger partial charge < -0.3 is 9.47 Å². The van der Waals surface area contributed by atoms with Crippen molar-refractivity contribution in [1.29, 1.82) is 5.26 Å². The summed E-state index contributed by atoms with van der Waals surface area (Å²) in [6.07, 6.45) is 12.2. The van der Waals surface area contributed by atoms with Gasteiger partial charge in [-0.2, -0.15) is 5.26 Å². The first-order chi connectivity index (χ1) is 10.2. The molecule has 0 radical (unpaired) electrons. The summed E-state index contributed by atoms with van der Waals surface area (Å²) in [6, 6.07) is 2.65. The third-order valence-electron chi connectivity index (χ3n) is 4.96. The van der Waals surface area contributed by atoms with E-state index in [1.54, 1.807) is 6.20 Å². The number of piperidine rings is 1. The molecular formula is C16H22N4O. The molecule has 5 heteroatoms. The van der Waals surface area contributed by atoms with Crippen LogP contribution < -0.4 is 0 Å². The highest BCUT2D eigenvalue weighted by Gasteiger charge is 2.43. The number of amides is 1. The van der Waals surface area contributed by atoms with E-state index in [-0.39, 0.29) is 5.91 Å². The lowest BCUT2D eigenvalue weighted by Crippen LogP contribution is -2.48. The number of hydrogen-bond donors (Lipinski definition) is 0. The van der Waals surface area contributed by atoms with Crippen molar-refractivity contribution in [2.45, 2.75) is 51.0 Å². The standard InChI is InChI=1S/C16H22N4O/c17-12-16(6-2-1-3-7-16)15(21)19-9-4-5-14(11-19)20-10-8-18-13-20/h8,10,13-14H,1-7,9,11H2/t14-/m1/s1. The maximum atomic E-state index is 12.9. The van der Waals surface area contributed by atoms with Crippen LogP contribution in [0, 0.1) is 16.7 Å². The van der Waals surface area contributed by atoms with Gasteiger partial charge >= 0.3 is 0 Å². The fourth-order valence-corrected chi connectivity index (χ4v) is 3.70. The number of nitrogens with zero attached hydrogens (tertiary/aromatic N) is 4. The highest BCUT2D eigenvalue weighted by molar-refractivity contribution is 5.85. The summed E-state index contributed by atoms with van der Waals surface area (Å²) in [4.78, 5) is 18.9. The van der Waals surface area contributed by atoms with Crippen molar-refractivity contribution < 1.29 is 4.79 Å². The van der Waals surface area contributed by atoms with Crippen LogP contribution in [0.2, 0.25) is 0 Å². The van der Waals surface area contributed by atoms with Crippen LogP contribution >= 0.6 is 0 Å². The first-order valence-corrected chi connectivity index (χ1v) is 7.93. The summed E-state index contributed by atoms with van der Waals surface area (Å²) in [7, 11) is 0. The van der Waals surface area contributed by atoms with Crippen LogP contribution in [0.15, 0.2) is 18.7 Å². The number of imidazole rings is 1. The van der Waals surface area contributed by atoms with Crippen molar-refractivity contribution >= 4 is 5.91 Å². The zero-order valence-electron chi connectivity index (χ0n) is 12.4. The number of carbonyl (C=O) groups is 1. The molecule has 2 aliphatic rings. The van der Waals surface area contributed by atoms with E-state index in [0.717, 1.165) is 51.5 Å². The van der Waals surface area contributed by atoms with Gasteiger partial charge in [-0.3, -0.25) is 4.79 Å². The molecule has 0 spiro atoms. The van der Waals surface area contributed by atoms with Crippen LogP contribution in [0.25, 0.3) is 0 Å². The predicted molar refractivity (Wildman–Crippen MR) is 78.2 cm³/mol. The SMILES string of the molecule is N#CC1(C(=O)N2CCC[C@@H](n3ccnc3)C2)CCCCC1. The third-order valence-corrected chi connectivity index (χ3v) is 4.96. The molecule has 1 aliphatic carbocycles. The molecule has 0 N–H and O–H groups in total. The summed E-state index contributed by atoms with van der Waals surface area (Å²) in [5, 5.41) is 9.58. The molecule has 0 unspecified atom stereocenters. The second kappa shape index (κ2) is 5.88. The minimum Gasteiger partial charge on any atom is -0.339 e. The van der Waals surface area contributed by atoms with Gasteiger partial charge in [-0.15, -0.1) is 0 Å². The predicted octanol–water partition coefficient (Wildman–Crippen LogP) is 2.52. The van der Waals surface area contributed by atoms with Crippen molar-refractivity contribution in [1.82, 2.24) is 14.5 Å². The lowest BCUT2D eigenvalue weighted by molar-refractivity contribution is -0.142. The smallest absolute Gasteiger partial charge is 0.243 e. The summed E-state index contributed by atoms with van der Waals surface area (Å²) in [5.41, 5.74) is -0.755. The van der Waals surface area contributed by atoms with Crippen molar-refractivity contribution in [2.75, 3.05) is 13.1 Å². The van der Waals surface area contributed by atoms with Gasteiger partial charge in [0.25, 0.3) is 0 Å². The number of aromatic nitrogens is 2. The fourth-order valence-electron chi connectivity index (χ4n) is 3.70. The minimum atomic E-state index is -0.755. The summed E-state index contributed by atoms with van der Waals surface area (Å²) < 4.78 is 2.08. The molecule has 1 atom stereocenters. The minimum absolute atomic E-state index is 0.0644. The fraction of sp³-hybridized carbons (Fsp3) is 0.688. The van der Waals surface area contributed by atoms with E-state index in [0.29, 0.717) is 12.6 Å². The van der Waals surface area contributed by atoms with Crippen LogP contribution in [-0.4, -0.2) is 33.4 Å². The van der Waals surface area contributed by atoms with Crippen LogP contribution in [-0.2, 0) is 4.79 Å². The van der Waals surface area contributed by atoms with Crippen molar-refractivity contribution in [2.24, 2.45) is 5.41 Å². The Morgan fingerprint density at radius 3 is 2.76 bits per heavy atom. The molecule has 1 aromatic rings. The number of rotatable bonds is 2. The quantitative estimate of drug-likeness (QED) is 0.839. The molecule has 1 aromatic heterocycles. The van der Waals surface area contributed by atoms with Gasteiger partial charge in [0.05, 0.1) is 18.4 Å². The average Bonchev–Trinajstić information content (AvgIpc) is 3.09. The largest absolute Gasteiger partial charge is 0.339 e. The first-order valence-electron chi connectivity index (χ1n) is 7.93. The Morgan fingerprint density at radius 2 is 2.10 bits per heavy atom. The van der Waals surface area contributed by atoms with Crippen molar-refractivity contribution in [3.05, 3.63) is 18.7 Å². The Hall–Kier alpha value is -1.83. The number of likely N-dealkylation sites (tertiary alicyclic amines) is 1. The van der Waals surface area contributed by atoms with E-state index in [2.05, 4.69) is 15.6 Å². The number of nitriles is 1. The second-order valence-electron chi connectivity index (χ2n) is 6.31. The molecule has 112 valence electrons. The van der Waals surface area contributed by atoms with E-state index in [1.807, 2.05) is 17.4 Å². The molecule has 2 heterocycles. The zero-order valence-corrected chi connectivity index (χ0v) is 12.4. The summed E-state index contributed by atoms with van der Waals surface area (Å²) in [5.74, 6) is 0.0644. The van der Waals surface area contributed by atoms with Gasteiger partial charge in [0.15, 0.2) is 0 Å². The Morgan fingerprint density at radius 1 is 1.29 bits per heavy atom. The Bertz CT molecular complexity index is 525. The van der Waals surface area contributed by atoms with Gasteiger partial charge in [-0.1, -0.05) is 19.3 Å². The van der Waals surface area contributed by atoms with Crippen LogP contribution in [0.4, 0.5) is 0 Å². The Kier molecular flexibility index (Phi) is 3.96. The molecule has 1 saturated heterocycles. The normalized spacial score (nSPS) is 25.3. The number of hydrogen-bond acceptors (Lipinski definition) is 3. The van der Waals surface area contributed by atoms with Crippen LogP contribution in [0.3, 0.4) is 0 Å². The molecule has 0 aromatic carbocycles. The van der Waals surface area contributed by atoms with Crippen LogP contribution in [0.1, 0.15) is 51.0 Å². The zero-order chi connectivity index (χ0) is 14.7. The van der Waals surface area contributed by atoms with Gasteiger partial charge in [-0.25, -0.2) is 4.98 Å². The highest BCUT2D eigenvalue weighted by atomic mass is 16.2. The molecule has 0 bridgehead atoms. The summed E-state index contributed by atoms with van der Waals surface area (Å²) >= 11 is 0. The maximum absolute atomic E-state index is 12.9. The number of carbonyl (C=O) groups excluding carboxylic acids is 1. The summed E-state index contributed by atoms with van der Waals surface area (Å²) in [6.45, 7) is 1.49. The Balaban J connectivity index is 1.73. The van der Waals surface area contributed by atoms with Gasteiger partial charge in [0.1, 0.15) is 5.41 Å². The van der Waals surface area contributed by atoms with E-state index in [1.165, 1.54) is 0 Å². The highest BCUT2D eigenvalue weighted by Crippen LogP contribution is 2.38. The molecule has 21 heavy (non-hydrogen) atoms. The molecular weight excluding hydrogens is 264 g/mol. The average molecular weight is 286 g/mol.